The summed E-state index contributed by atoms with van der Waals surface area (Å²) in [5.74, 6) is -0.627. The molecule has 0 fully saturated rings. The molecule has 0 saturated carbocycles. The summed E-state index contributed by atoms with van der Waals surface area (Å²) in [5.41, 5.74) is 7.12. The van der Waals surface area contributed by atoms with E-state index in [0.717, 1.165) is 21.4 Å². The largest absolute Gasteiger partial charge is 0.398 e. The number of hydrogen-bond donors (Lipinski definition) is 2. The van der Waals surface area contributed by atoms with E-state index < -0.39 is 15.8 Å². The minimum Gasteiger partial charge on any atom is -0.398 e. The van der Waals surface area contributed by atoms with Crippen LogP contribution in [0.1, 0.15) is 20.9 Å². The van der Waals surface area contributed by atoms with Crippen molar-refractivity contribution in [1.29, 1.82) is 0 Å². The molecule has 0 bridgehead atoms. The van der Waals surface area contributed by atoms with Crippen LogP contribution in [0.25, 0.3) is 0 Å². The van der Waals surface area contributed by atoms with Crippen molar-refractivity contribution in [2.75, 3.05) is 5.73 Å². The number of rotatable bonds is 4. The fourth-order valence-electron chi connectivity index (χ4n) is 1.82. The normalized spacial score (nSPS) is 11.8. The topological polar surface area (TPSA) is 72.2 Å². The Morgan fingerprint density at radius 2 is 1.90 bits per heavy atom. The smallest absolute Gasteiger partial charge is 0.241 e. The van der Waals surface area contributed by atoms with Crippen molar-refractivity contribution < 1.29 is 12.8 Å². The second-order valence-corrected chi connectivity index (χ2v) is 8.00. The molecule has 21 heavy (non-hydrogen) atoms. The zero-order valence-electron chi connectivity index (χ0n) is 12.0. The van der Waals surface area contributed by atoms with Gasteiger partial charge in [0.1, 0.15) is 5.82 Å². The summed E-state index contributed by atoms with van der Waals surface area (Å²) in [4.78, 5) is 1.90. The number of nitrogen functional groups attached to an aromatic ring is 1. The number of benzene rings is 1. The standard InChI is InChI=1S/C14H17FN2O2S2/c1-8-4-11(20-10(8)3)7-17-21(18,19)12-5-13(15)9(2)14(16)6-12/h4-6,17H,7,16H2,1-3H3. The number of sulfonamides is 1. The fourth-order valence-corrected chi connectivity index (χ4v) is 3.95. The lowest BCUT2D eigenvalue weighted by molar-refractivity contribution is 0.577. The Morgan fingerprint density at radius 3 is 2.43 bits per heavy atom. The molecule has 3 N–H and O–H groups in total. The number of thiophene rings is 1. The van der Waals surface area contributed by atoms with Crippen LogP contribution >= 0.6 is 11.3 Å². The molecule has 2 rings (SSSR count). The molecule has 7 heteroatoms. The van der Waals surface area contributed by atoms with Crippen LogP contribution in [0, 0.1) is 26.6 Å². The van der Waals surface area contributed by atoms with Crippen LogP contribution < -0.4 is 10.5 Å². The molecule has 0 aliphatic heterocycles. The summed E-state index contributed by atoms with van der Waals surface area (Å²) in [5, 5.41) is 0. The van der Waals surface area contributed by atoms with Crippen LogP contribution in [0.15, 0.2) is 23.1 Å². The molecule has 0 spiro atoms. The molecule has 1 aromatic heterocycles. The number of nitrogens with two attached hydrogens (primary N) is 1. The maximum atomic E-state index is 13.6. The summed E-state index contributed by atoms with van der Waals surface area (Å²) >= 11 is 1.53. The Kier molecular flexibility index (Phi) is 4.36. The molecule has 4 nitrogen and oxygen atoms in total. The Balaban J connectivity index is 2.22. The molecule has 0 atom stereocenters. The third kappa shape index (κ3) is 3.42. The first kappa shape index (κ1) is 15.9. The van der Waals surface area contributed by atoms with Gasteiger partial charge in [-0.25, -0.2) is 17.5 Å². The van der Waals surface area contributed by atoms with Crippen molar-refractivity contribution in [3.8, 4) is 0 Å². The van der Waals surface area contributed by atoms with E-state index in [9.17, 15) is 12.8 Å². The predicted octanol–water partition coefficient (Wildman–Crippen LogP) is 2.87. The van der Waals surface area contributed by atoms with Crippen LogP contribution in [0.2, 0.25) is 0 Å². The molecule has 114 valence electrons. The van der Waals surface area contributed by atoms with E-state index in [-0.39, 0.29) is 22.7 Å². The lowest BCUT2D eigenvalue weighted by Gasteiger charge is -2.09. The average molecular weight is 328 g/mol. The minimum atomic E-state index is -3.79. The van der Waals surface area contributed by atoms with E-state index >= 15 is 0 Å². The van der Waals surface area contributed by atoms with Crippen LogP contribution in [0.3, 0.4) is 0 Å². The van der Waals surface area contributed by atoms with Crippen LogP contribution in [0.5, 0.6) is 0 Å². The van der Waals surface area contributed by atoms with Gasteiger partial charge in [0, 0.05) is 27.5 Å². The molecule has 1 aromatic carbocycles. The average Bonchev–Trinajstić information content (AvgIpc) is 2.72. The lowest BCUT2D eigenvalue weighted by Crippen LogP contribution is -2.23. The van der Waals surface area contributed by atoms with Crippen molar-refractivity contribution >= 4 is 27.0 Å². The lowest BCUT2D eigenvalue weighted by atomic mass is 10.2. The van der Waals surface area contributed by atoms with Gasteiger partial charge in [-0.1, -0.05) is 0 Å². The van der Waals surface area contributed by atoms with Gasteiger partial charge < -0.3 is 5.73 Å². The number of hydrogen-bond acceptors (Lipinski definition) is 4. The summed E-state index contributed by atoms with van der Waals surface area (Å²) in [6.45, 7) is 5.64. The highest BCUT2D eigenvalue weighted by Gasteiger charge is 2.17. The third-order valence-electron chi connectivity index (χ3n) is 3.32. The van der Waals surface area contributed by atoms with E-state index in [2.05, 4.69) is 4.72 Å². The van der Waals surface area contributed by atoms with Crippen molar-refractivity contribution in [3.05, 3.63) is 44.9 Å². The number of halogens is 1. The second-order valence-electron chi connectivity index (χ2n) is 4.90. The first-order valence-corrected chi connectivity index (χ1v) is 8.62. The first-order chi connectivity index (χ1) is 9.70. The molecule has 1 heterocycles. The van der Waals surface area contributed by atoms with E-state index in [1.54, 1.807) is 0 Å². The highest BCUT2D eigenvalue weighted by atomic mass is 32.2. The summed E-state index contributed by atoms with van der Waals surface area (Å²) in [6, 6.07) is 4.19. The van der Waals surface area contributed by atoms with Crippen molar-refractivity contribution in [3.63, 3.8) is 0 Å². The Hall–Kier alpha value is -1.44. The zero-order valence-corrected chi connectivity index (χ0v) is 13.7. The fraction of sp³-hybridized carbons (Fsp3) is 0.286. The van der Waals surface area contributed by atoms with Gasteiger partial charge in [-0.05, 0) is 44.5 Å². The monoisotopic (exact) mass is 328 g/mol. The maximum absolute atomic E-state index is 13.6. The zero-order chi connectivity index (χ0) is 15.8. The number of anilines is 1. The molecular formula is C14H17FN2O2S2. The van der Waals surface area contributed by atoms with E-state index in [1.165, 1.54) is 24.3 Å². The molecule has 0 aliphatic carbocycles. The highest BCUT2D eigenvalue weighted by Crippen LogP contribution is 2.23. The van der Waals surface area contributed by atoms with Crippen LogP contribution in [0.4, 0.5) is 10.1 Å². The first-order valence-electron chi connectivity index (χ1n) is 6.32. The maximum Gasteiger partial charge on any atom is 0.241 e. The van der Waals surface area contributed by atoms with Gasteiger partial charge in [0.25, 0.3) is 0 Å². The van der Waals surface area contributed by atoms with E-state index in [4.69, 9.17) is 5.73 Å². The van der Waals surface area contributed by atoms with Gasteiger partial charge in [-0.2, -0.15) is 0 Å². The molecule has 0 aliphatic rings. The molecular weight excluding hydrogens is 311 g/mol. The number of aryl methyl sites for hydroxylation is 2. The minimum absolute atomic E-state index is 0.123. The molecule has 2 aromatic rings. The Morgan fingerprint density at radius 1 is 1.24 bits per heavy atom. The SMILES string of the molecule is Cc1cc(CNS(=O)(=O)c2cc(N)c(C)c(F)c2)sc1C. The van der Waals surface area contributed by atoms with E-state index in [0.29, 0.717) is 0 Å². The van der Waals surface area contributed by atoms with Gasteiger partial charge in [0.15, 0.2) is 0 Å². The second kappa shape index (κ2) is 5.75. The molecule has 0 unspecified atom stereocenters. The van der Waals surface area contributed by atoms with Gasteiger partial charge in [0.05, 0.1) is 4.90 Å². The van der Waals surface area contributed by atoms with Crippen LogP contribution in [-0.2, 0) is 16.6 Å². The summed E-state index contributed by atoms with van der Waals surface area (Å²) in [6.07, 6.45) is 0. The van der Waals surface area contributed by atoms with Crippen LogP contribution in [-0.4, -0.2) is 8.42 Å². The van der Waals surface area contributed by atoms with Gasteiger partial charge in [0.2, 0.25) is 10.0 Å². The van der Waals surface area contributed by atoms with Crippen molar-refractivity contribution in [2.24, 2.45) is 0 Å². The van der Waals surface area contributed by atoms with Gasteiger partial charge >= 0.3 is 0 Å². The quantitative estimate of drug-likeness (QED) is 0.848. The summed E-state index contributed by atoms with van der Waals surface area (Å²) < 4.78 is 40.5. The predicted molar refractivity (Wildman–Crippen MR) is 83.4 cm³/mol. The Bertz CT molecular complexity index is 740. The van der Waals surface area contributed by atoms with E-state index in [1.807, 2.05) is 19.9 Å². The highest BCUT2D eigenvalue weighted by molar-refractivity contribution is 7.89. The molecule has 0 radical (unpaired) electrons. The molecule has 0 saturated heterocycles. The third-order valence-corrected chi connectivity index (χ3v) is 5.85. The molecule has 0 amide bonds. The van der Waals surface area contributed by atoms with Crippen molar-refractivity contribution in [1.82, 2.24) is 4.72 Å². The van der Waals surface area contributed by atoms with Gasteiger partial charge in [-0.15, -0.1) is 11.3 Å². The number of nitrogens with one attached hydrogen (secondary N) is 1. The summed E-state index contributed by atoms with van der Waals surface area (Å²) in [7, 11) is -3.79. The Labute approximate surface area is 127 Å². The van der Waals surface area contributed by atoms with Crippen molar-refractivity contribution in [2.45, 2.75) is 32.2 Å². The van der Waals surface area contributed by atoms with Gasteiger partial charge in [-0.3, -0.25) is 0 Å².